The molecule has 2 rings (SSSR count). The minimum absolute atomic E-state index is 0.121. The highest BCUT2D eigenvalue weighted by molar-refractivity contribution is 5.35. The lowest BCUT2D eigenvalue weighted by atomic mass is 9.92. The zero-order chi connectivity index (χ0) is 14.7. The van der Waals surface area contributed by atoms with Gasteiger partial charge in [0.15, 0.2) is 0 Å². The highest BCUT2D eigenvalue weighted by Gasteiger charge is 2.24. The van der Waals surface area contributed by atoms with Crippen molar-refractivity contribution in [2.75, 3.05) is 18.0 Å². The average molecular weight is 278 g/mol. The first kappa shape index (κ1) is 15.0. The van der Waals surface area contributed by atoms with Crippen LogP contribution in [0.4, 0.5) is 5.95 Å². The topological polar surface area (TPSA) is 64.3 Å². The Kier molecular flexibility index (Phi) is 4.81. The molecule has 0 amide bonds. The number of anilines is 1. The largest absolute Gasteiger partial charge is 0.475 e. The standard InChI is InChI=1S/C15H26N4O/c1-10(2)20-14-8-11(3)17-15(18-14)19-7-5-6-13(9-19)12(4)16/h8,10,12-13H,5-7,9,16H2,1-4H3. The van der Waals surface area contributed by atoms with E-state index in [0.717, 1.165) is 31.2 Å². The summed E-state index contributed by atoms with van der Waals surface area (Å²) >= 11 is 0. The second-order valence-electron chi connectivity index (χ2n) is 6.02. The van der Waals surface area contributed by atoms with Crippen LogP contribution in [-0.2, 0) is 0 Å². The van der Waals surface area contributed by atoms with Crippen LogP contribution < -0.4 is 15.4 Å². The van der Waals surface area contributed by atoms with Gasteiger partial charge in [0.25, 0.3) is 0 Å². The predicted octanol–water partition coefficient (Wildman–Crippen LogP) is 2.14. The fourth-order valence-electron chi connectivity index (χ4n) is 2.59. The summed E-state index contributed by atoms with van der Waals surface area (Å²) in [6.45, 7) is 9.99. The molecule has 2 N–H and O–H groups in total. The average Bonchev–Trinajstić information content (AvgIpc) is 2.37. The molecular weight excluding hydrogens is 252 g/mol. The molecule has 0 bridgehead atoms. The maximum absolute atomic E-state index is 6.04. The monoisotopic (exact) mass is 278 g/mol. The van der Waals surface area contributed by atoms with E-state index in [1.807, 2.05) is 26.8 Å². The molecule has 0 spiro atoms. The molecule has 2 atom stereocenters. The Balaban J connectivity index is 2.16. The van der Waals surface area contributed by atoms with Crippen LogP contribution in [0, 0.1) is 12.8 Å². The quantitative estimate of drug-likeness (QED) is 0.914. The van der Waals surface area contributed by atoms with Gasteiger partial charge in [-0.05, 0) is 46.5 Å². The highest BCUT2D eigenvalue weighted by Crippen LogP contribution is 2.24. The molecule has 1 saturated heterocycles. The summed E-state index contributed by atoms with van der Waals surface area (Å²) in [5.41, 5.74) is 6.98. The van der Waals surface area contributed by atoms with Gasteiger partial charge in [-0.25, -0.2) is 4.98 Å². The normalized spacial score (nSPS) is 21.1. The van der Waals surface area contributed by atoms with Gasteiger partial charge in [-0.3, -0.25) is 0 Å². The van der Waals surface area contributed by atoms with E-state index in [9.17, 15) is 0 Å². The lowest BCUT2D eigenvalue weighted by Crippen LogP contribution is -2.43. The number of aryl methyl sites for hydroxylation is 1. The van der Waals surface area contributed by atoms with Gasteiger partial charge in [0.2, 0.25) is 11.8 Å². The van der Waals surface area contributed by atoms with Crippen LogP contribution in [0.3, 0.4) is 0 Å². The van der Waals surface area contributed by atoms with Crippen molar-refractivity contribution in [3.05, 3.63) is 11.8 Å². The molecule has 20 heavy (non-hydrogen) atoms. The first-order valence-corrected chi connectivity index (χ1v) is 7.48. The molecule has 1 aromatic heterocycles. The van der Waals surface area contributed by atoms with Crippen LogP contribution in [-0.4, -0.2) is 35.2 Å². The van der Waals surface area contributed by atoms with E-state index < -0.39 is 0 Å². The molecule has 2 heterocycles. The summed E-state index contributed by atoms with van der Waals surface area (Å²) in [5, 5.41) is 0. The summed E-state index contributed by atoms with van der Waals surface area (Å²) in [7, 11) is 0. The molecule has 0 aliphatic carbocycles. The van der Waals surface area contributed by atoms with Gasteiger partial charge in [0.05, 0.1) is 6.10 Å². The minimum atomic E-state index is 0.121. The SMILES string of the molecule is Cc1cc(OC(C)C)nc(N2CCCC(C(C)N)C2)n1. The van der Waals surface area contributed by atoms with E-state index in [4.69, 9.17) is 10.5 Å². The lowest BCUT2D eigenvalue weighted by molar-refractivity contribution is 0.232. The number of nitrogens with two attached hydrogens (primary N) is 1. The Labute approximate surface area is 121 Å². The zero-order valence-electron chi connectivity index (χ0n) is 13.0. The molecule has 1 aliphatic rings. The highest BCUT2D eigenvalue weighted by atomic mass is 16.5. The third kappa shape index (κ3) is 3.82. The molecular formula is C15H26N4O. The van der Waals surface area contributed by atoms with E-state index in [0.29, 0.717) is 11.8 Å². The van der Waals surface area contributed by atoms with Crippen molar-refractivity contribution in [3.63, 3.8) is 0 Å². The molecule has 5 heteroatoms. The van der Waals surface area contributed by atoms with Gasteiger partial charge < -0.3 is 15.4 Å². The van der Waals surface area contributed by atoms with Crippen molar-refractivity contribution in [2.24, 2.45) is 11.7 Å². The van der Waals surface area contributed by atoms with Gasteiger partial charge >= 0.3 is 0 Å². The smallest absolute Gasteiger partial charge is 0.228 e. The number of hydrogen-bond acceptors (Lipinski definition) is 5. The second kappa shape index (κ2) is 6.39. The number of aromatic nitrogens is 2. The molecule has 2 unspecified atom stereocenters. The molecule has 1 aliphatic heterocycles. The Morgan fingerprint density at radius 2 is 2.10 bits per heavy atom. The third-order valence-electron chi connectivity index (χ3n) is 3.66. The van der Waals surface area contributed by atoms with Crippen molar-refractivity contribution >= 4 is 5.95 Å². The number of ether oxygens (including phenoxy) is 1. The molecule has 0 aromatic carbocycles. The predicted molar refractivity (Wildman–Crippen MR) is 81.1 cm³/mol. The Morgan fingerprint density at radius 3 is 2.75 bits per heavy atom. The van der Waals surface area contributed by atoms with Crippen LogP contribution in [0.1, 0.15) is 39.3 Å². The van der Waals surface area contributed by atoms with Crippen molar-refractivity contribution in [1.82, 2.24) is 9.97 Å². The van der Waals surface area contributed by atoms with Gasteiger partial charge in [0, 0.05) is 30.9 Å². The van der Waals surface area contributed by atoms with E-state index in [1.54, 1.807) is 0 Å². The first-order valence-electron chi connectivity index (χ1n) is 7.48. The van der Waals surface area contributed by atoms with Crippen molar-refractivity contribution < 1.29 is 4.74 Å². The Morgan fingerprint density at radius 1 is 1.35 bits per heavy atom. The number of piperidine rings is 1. The van der Waals surface area contributed by atoms with Gasteiger partial charge in [-0.2, -0.15) is 4.98 Å². The fourth-order valence-corrected chi connectivity index (χ4v) is 2.59. The fraction of sp³-hybridized carbons (Fsp3) is 0.733. The van der Waals surface area contributed by atoms with Crippen molar-refractivity contribution in [1.29, 1.82) is 0 Å². The van der Waals surface area contributed by atoms with E-state index in [1.165, 1.54) is 6.42 Å². The minimum Gasteiger partial charge on any atom is -0.475 e. The number of nitrogens with zero attached hydrogens (tertiary/aromatic N) is 3. The van der Waals surface area contributed by atoms with Crippen molar-refractivity contribution in [2.45, 2.75) is 52.7 Å². The van der Waals surface area contributed by atoms with Crippen LogP contribution in [0.2, 0.25) is 0 Å². The van der Waals surface area contributed by atoms with E-state index in [2.05, 4.69) is 21.8 Å². The summed E-state index contributed by atoms with van der Waals surface area (Å²) in [6.07, 6.45) is 2.45. The Bertz CT molecular complexity index is 447. The third-order valence-corrected chi connectivity index (χ3v) is 3.66. The summed E-state index contributed by atoms with van der Waals surface area (Å²) in [4.78, 5) is 11.3. The molecule has 1 fully saturated rings. The maximum atomic E-state index is 6.04. The number of rotatable bonds is 4. The van der Waals surface area contributed by atoms with Crippen LogP contribution in [0.25, 0.3) is 0 Å². The molecule has 0 radical (unpaired) electrons. The Hall–Kier alpha value is -1.36. The van der Waals surface area contributed by atoms with Crippen LogP contribution in [0.5, 0.6) is 5.88 Å². The zero-order valence-corrected chi connectivity index (χ0v) is 13.0. The molecule has 112 valence electrons. The summed E-state index contributed by atoms with van der Waals surface area (Å²) in [6, 6.07) is 2.10. The van der Waals surface area contributed by atoms with Gasteiger partial charge in [-0.15, -0.1) is 0 Å². The molecule has 0 saturated carbocycles. The molecule has 5 nitrogen and oxygen atoms in total. The molecule has 1 aromatic rings. The lowest BCUT2D eigenvalue weighted by Gasteiger charge is -2.34. The summed E-state index contributed by atoms with van der Waals surface area (Å²) < 4.78 is 5.70. The van der Waals surface area contributed by atoms with E-state index in [-0.39, 0.29) is 12.1 Å². The second-order valence-corrected chi connectivity index (χ2v) is 6.02. The van der Waals surface area contributed by atoms with E-state index >= 15 is 0 Å². The maximum Gasteiger partial charge on any atom is 0.228 e. The van der Waals surface area contributed by atoms with Gasteiger partial charge in [-0.1, -0.05) is 0 Å². The van der Waals surface area contributed by atoms with Crippen molar-refractivity contribution in [3.8, 4) is 5.88 Å². The summed E-state index contributed by atoms with van der Waals surface area (Å²) in [5.74, 6) is 1.94. The number of hydrogen-bond donors (Lipinski definition) is 1. The van der Waals surface area contributed by atoms with Crippen LogP contribution >= 0.6 is 0 Å². The first-order chi connectivity index (χ1) is 9.45. The van der Waals surface area contributed by atoms with Crippen LogP contribution in [0.15, 0.2) is 6.07 Å². The van der Waals surface area contributed by atoms with Gasteiger partial charge in [0.1, 0.15) is 0 Å².